The van der Waals surface area contributed by atoms with Crippen LogP contribution in [0.4, 0.5) is 5.13 Å². The van der Waals surface area contributed by atoms with Crippen molar-refractivity contribution in [3.63, 3.8) is 0 Å². The second kappa shape index (κ2) is 5.49. The first-order valence-corrected chi connectivity index (χ1v) is 7.72. The summed E-state index contributed by atoms with van der Waals surface area (Å²) < 4.78 is 0. The molecule has 1 aromatic heterocycles. The molecule has 1 aliphatic rings. The zero-order chi connectivity index (χ0) is 14.0. The first-order valence-electron chi connectivity index (χ1n) is 6.84. The summed E-state index contributed by atoms with van der Waals surface area (Å²) in [4.78, 5) is 21.1. The van der Waals surface area contributed by atoms with Gasteiger partial charge in [-0.1, -0.05) is 20.8 Å². The van der Waals surface area contributed by atoms with E-state index in [0.717, 1.165) is 43.4 Å². The number of aromatic nitrogens is 1. The van der Waals surface area contributed by atoms with E-state index in [2.05, 4.69) is 15.3 Å². The molecule has 0 atom stereocenters. The molecule has 0 saturated carbocycles. The van der Waals surface area contributed by atoms with Gasteiger partial charge in [0.05, 0.1) is 5.69 Å². The van der Waals surface area contributed by atoms with Crippen LogP contribution in [0.1, 0.15) is 32.9 Å². The van der Waals surface area contributed by atoms with Gasteiger partial charge in [0, 0.05) is 37.0 Å². The van der Waals surface area contributed by atoms with Crippen LogP contribution >= 0.6 is 11.3 Å². The maximum atomic E-state index is 12.3. The summed E-state index contributed by atoms with van der Waals surface area (Å²) in [6.45, 7) is 11.5. The fraction of sp³-hybridized carbons (Fsp3) is 0.714. The van der Waals surface area contributed by atoms with Crippen LogP contribution in [0.2, 0.25) is 0 Å². The lowest BCUT2D eigenvalue weighted by molar-refractivity contribution is -0.139. The van der Waals surface area contributed by atoms with E-state index in [1.165, 1.54) is 0 Å². The molecule has 2 rings (SSSR count). The molecule has 1 amide bonds. The molecule has 0 radical (unpaired) electrons. The molecule has 2 heterocycles. The van der Waals surface area contributed by atoms with Crippen molar-refractivity contribution in [2.24, 2.45) is 5.41 Å². The van der Waals surface area contributed by atoms with E-state index in [0.29, 0.717) is 0 Å². The van der Waals surface area contributed by atoms with Gasteiger partial charge >= 0.3 is 0 Å². The van der Waals surface area contributed by atoms with Gasteiger partial charge in [0.1, 0.15) is 0 Å². The summed E-state index contributed by atoms with van der Waals surface area (Å²) in [6.07, 6.45) is 1.01. The molecule has 5 heteroatoms. The van der Waals surface area contributed by atoms with Crippen molar-refractivity contribution in [3.8, 4) is 0 Å². The molecule has 0 spiro atoms. The Bertz CT molecular complexity index is 450. The highest BCUT2D eigenvalue weighted by atomic mass is 32.1. The van der Waals surface area contributed by atoms with Crippen LogP contribution in [0.3, 0.4) is 0 Å². The van der Waals surface area contributed by atoms with E-state index in [1.807, 2.05) is 32.6 Å². The number of carbonyl (C=O) groups is 1. The second-order valence-electron chi connectivity index (χ2n) is 6.15. The Balaban J connectivity index is 2.01. The Morgan fingerprint density at radius 1 is 1.26 bits per heavy atom. The standard InChI is InChI=1S/C14H23N3OS/c1-11-10-19-13(15-11)17-7-5-6-16(8-9-17)12(18)14(2,3)4/h10H,5-9H2,1-4H3. The first-order chi connectivity index (χ1) is 8.88. The smallest absolute Gasteiger partial charge is 0.228 e. The monoisotopic (exact) mass is 281 g/mol. The zero-order valence-electron chi connectivity index (χ0n) is 12.3. The van der Waals surface area contributed by atoms with E-state index >= 15 is 0 Å². The Labute approximate surface area is 119 Å². The Kier molecular flexibility index (Phi) is 4.13. The predicted molar refractivity (Wildman–Crippen MR) is 79.7 cm³/mol. The van der Waals surface area contributed by atoms with Gasteiger partial charge < -0.3 is 9.80 Å². The van der Waals surface area contributed by atoms with Crippen molar-refractivity contribution < 1.29 is 4.79 Å². The molecule has 0 unspecified atom stereocenters. The summed E-state index contributed by atoms with van der Waals surface area (Å²) in [5, 5.41) is 3.17. The molecule has 0 bridgehead atoms. The third-order valence-corrected chi connectivity index (χ3v) is 4.32. The molecule has 1 fully saturated rings. The predicted octanol–water partition coefficient (Wildman–Crippen LogP) is 2.54. The maximum absolute atomic E-state index is 12.3. The fourth-order valence-electron chi connectivity index (χ4n) is 2.27. The minimum atomic E-state index is -0.285. The van der Waals surface area contributed by atoms with Crippen molar-refractivity contribution in [1.29, 1.82) is 0 Å². The highest BCUT2D eigenvalue weighted by Crippen LogP contribution is 2.23. The Morgan fingerprint density at radius 3 is 2.58 bits per heavy atom. The Hall–Kier alpha value is -1.10. The quantitative estimate of drug-likeness (QED) is 0.793. The van der Waals surface area contributed by atoms with E-state index in [-0.39, 0.29) is 11.3 Å². The van der Waals surface area contributed by atoms with Gasteiger partial charge in [-0.15, -0.1) is 11.3 Å². The van der Waals surface area contributed by atoms with E-state index in [1.54, 1.807) is 11.3 Å². The number of hydrogen-bond donors (Lipinski definition) is 0. The topological polar surface area (TPSA) is 36.4 Å². The largest absolute Gasteiger partial charge is 0.346 e. The summed E-state index contributed by atoms with van der Waals surface area (Å²) in [5.41, 5.74) is 0.791. The molecular weight excluding hydrogens is 258 g/mol. The molecule has 106 valence electrons. The van der Waals surface area contributed by atoms with Crippen molar-refractivity contribution in [2.75, 3.05) is 31.1 Å². The fourth-order valence-corrected chi connectivity index (χ4v) is 3.13. The number of rotatable bonds is 1. The second-order valence-corrected chi connectivity index (χ2v) is 6.99. The third kappa shape index (κ3) is 3.47. The van der Waals surface area contributed by atoms with Crippen LogP contribution in [0, 0.1) is 12.3 Å². The molecule has 0 N–H and O–H groups in total. The van der Waals surface area contributed by atoms with Crippen LogP contribution < -0.4 is 4.90 Å². The van der Waals surface area contributed by atoms with E-state index in [9.17, 15) is 4.79 Å². The Morgan fingerprint density at radius 2 is 2.00 bits per heavy atom. The number of hydrogen-bond acceptors (Lipinski definition) is 4. The third-order valence-electron chi connectivity index (χ3n) is 3.30. The molecule has 0 aliphatic carbocycles. The molecule has 4 nitrogen and oxygen atoms in total. The minimum Gasteiger partial charge on any atom is -0.346 e. The van der Waals surface area contributed by atoms with Crippen LogP contribution in [0.15, 0.2) is 5.38 Å². The molecule has 1 saturated heterocycles. The first kappa shape index (κ1) is 14.3. The summed E-state index contributed by atoms with van der Waals surface area (Å²) in [5.74, 6) is 0.254. The van der Waals surface area contributed by atoms with E-state index < -0.39 is 0 Å². The van der Waals surface area contributed by atoms with E-state index in [4.69, 9.17) is 0 Å². The zero-order valence-corrected chi connectivity index (χ0v) is 13.1. The maximum Gasteiger partial charge on any atom is 0.228 e. The van der Waals surface area contributed by atoms with Crippen LogP contribution in [-0.4, -0.2) is 42.0 Å². The lowest BCUT2D eigenvalue weighted by atomic mass is 9.94. The molecular formula is C14H23N3OS. The molecule has 1 aliphatic heterocycles. The lowest BCUT2D eigenvalue weighted by Gasteiger charge is -2.28. The summed E-state index contributed by atoms with van der Waals surface area (Å²) >= 11 is 1.69. The van der Waals surface area contributed by atoms with Crippen molar-refractivity contribution in [2.45, 2.75) is 34.1 Å². The normalized spacial score (nSPS) is 17.5. The SMILES string of the molecule is Cc1csc(N2CCCN(C(=O)C(C)(C)C)CC2)n1. The van der Waals surface area contributed by atoms with Crippen LogP contribution in [0.5, 0.6) is 0 Å². The van der Waals surface area contributed by atoms with Crippen molar-refractivity contribution in [1.82, 2.24) is 9.88 Å². The van der Waals surface area contributed by atoms with Crippen molar-refractivity contribution in [3.05, 3.63) is 11.1 Å². The average Bonchev–Trinajstić information content (AvgIpc) is 2.63. The van der Waals surface area contributed by atoms with Crippen molar-refractivity contribution >= 4 is 22.4 Å². The highest BCUT2D eigenvalue weighted by Gasteiger charge is 2.28. The molecule has 1 aromatic rings. The molecule has 0 aromatic carbocycles. The number of nitrogens with zero attached hydrogens (tertiary/aromatic N) is 3. The van der Waals surface area contributed by atoms with Gasteiger partial charge in [0.15, 0.2) is 5.13 Å². The van der Waals surface area contributed by atoms with Gasteiger partial charge in [0.2, 0.25) is 5.91 Å². The number of anilines is 1. The van der Waals surface area contributed by atoms with Crippen LogP contribution in [0.25, 0.3) is 0 Å². The van der Waals surface area contributed by atoms with Gasteiger partial charge in [-0.25, -0.2) is 4.98 Å². The van der Waals surface area contributed by atoms with Gasteiger partial charge in [-0.3, -0.25) is 4.79 Å². The van der Waals surface area contributed by atoms with Gasteiger partial charge in [-0.2, -0.15) is 0 Å². The number of carbonyl (C=O) groups excluding carboxylic acids is 1. The number of thiazole rings is 1. The number of amides is 1. The number of aryl methyl sites for hydroxylation is 1. The van der Waals surface area contributed by atoms with Gasteiger partial charge in [-0.05, 0) is 13.3 Å². The highest BCUT2D eigenvalue weighted by molar-refractivity contribution is 7.13. The van der Waals surface area contributed by atoms with Gasteiger partial charge in [0.25, 0.3) is 0 Å². The summed E-state index contributed by atoms with van der Waals surface area (Å²) in [7, 11) is 0. The van der Waals surface area contributed by atoms with Crippen LogP contribution in [-0.2, 0) is 4.79 Å². The summed E-state index contributed by atoms with van der Waals surface area (Å²) in [6, 6.07) is 0. The lowest BCUT2D eigenvalue weighted by Crippen LogP contribution is -2.41. The minimum absolute atomic E-state index is 0.254. The molecule has 19 heavy (non-hydrogen) atoms. The average molecular weight is 281 g/mol.